The van der Waals surface area contributed by atoms with Crippen LogP contribution in [0.5, 0.6) is 0 Å². The minimum Gasteiger partial charge on any atom is -0.481 e. The van der Waals surface area contributed by atoms with E-state index in [9.17, 15) is 60.0 Å². The Morgan fingerprint density at radius 2 is 1.28 bits per heavy atom. The molecule has 0 amide bonds. The average Bonchev–Trinajstić information content (AvgIpc) is 3.13. The van der Waals surface area contributed by atoms with Gasteiger partial charge in [-0.05, 0) is 110 Å². The van der Waals surface area contributed by atoms with Crippen LogP contribution in [0.2, 0.25) is 0 Å². The molecule has 3 unspecified atom stereocenters. The first kappa shape index (κ1) is 43.5. The molecule has 0 bridgehead atoms. The number of rotatable bonds is 7. The highest BCUT2D eigenvalue weighted by Crippen LogP contribution is 2.75. The van der Waals surface area contributed by atoms with Crippen LogP contribution in [0.1, 0.15) is 106 Å². The van der Waals surface area contributed by atoms with E-state index in [0.717, 1.165) is 37.7 Å². The Morgan fingerprint density at radius 1 is 0.690 bits per heavy atom. The summed E-state index contributed by atoms with van der Waals surface area (Å²) in [6.07, 6.45) is -12.2. The molecule has 0 aromatic carbocycles. The molecular weight excluding hydrogens is 760 g/mol. The first-order valence-electron chi connectivity index (χ1n) is 20.7. The number of hydrogen-bond acceptors (Lipinski definition) is 13. The maximum absolute atomic E-state index is 14.8. The highest BCUT2D eigenvalue weighted by atomic mass is 16.8. The van der Waals surface area contributed by atoms with Crippen LogP contribution in [0, 0.1) is 50.2 Å². The summed E-state index contributed by atoms with van der Waals surface area (Å²) >= 11 is 0. The van der Waals surface area contributed by atoms with Crippen LogP contribution in [0.15, 0.2) is 11.6 Å². The summed E-state index contributed by atoms with van der Waals surface area (Å²) in [5, 5.41) is 83.0. The molecule has 2 aliphatic heterocycles. The average molecular weight is 823 g/mol. The molecule has 5 aliphatic carbocycles. The molecule has 6 fully saturated rings. The molecule has 2 saturated heterocycles. The van der Waals surface area contributed by atoms with Crippen LogP contribution in [-0.2, 0) is 38.1 Å². The molecule has 16 heteroatoms. The fourth-order valence-corrected chi connectivity index (χ4v) is 13.4. The number of ether oxygens (including phenoxy) is 4. The van der Waals surface area contributed by atoms with Gasteiger partial charge in [0.2, 0.25) is 0 Å². The Bertz CT molecular complexity index is 1730. The summed E-state index contributed by atoms with van der Waals surface area (Å²) in [5.41, 5.74) is -1.81. The molecule has 16 nitrogen and oxygen atoms in total. The summed E-state index contributed by atoms with van der Waals surface area (Å²) in [6.45, 7) is 14.8. The second-order valence-electron chi connectivity index (χ2n) is 20.6. The van der Waals surface area contributed by atoms with Gasteiger partial charge in [0.15, 0.2) is 30.6 Å². The van der Waals surface area contributed by atoms with Crippen molar-refractivity contribution in [2.75, 3.05) is 0 Å². The van der Waals surface area contributed by atoms with E-state index >= 15 is 0 Å². The number of carbonyl (C=O) groups excluding carboxylic acids is 1. The van der Waals surface area contributed by atoms with Gasteiger partial charge in [-0.15, -0.1) is 0 Å². The second-order valence-corrected chi connectivity index (χ2v) is 20.6. The van der Waals surface area contributed by atoms with Crippen LogP contribution < -0.4 is 0 Å². The number of carboxylic acid groups (broad SMARTS) is 3. The van der Waals surface area contributed by atoms with Gasteiger partial charge in [0, 0.05) is 5.92 Å². The maximum Gasteiger partial charge on any atom is 0.335 e. The number of ketones is 1. The Morgan fingerprint density at radius 3 is 1.88 bits per heavy atom. The third-order valence-electron chi connectivity index (χ3n) is 17.2. The molecule has 2 heterocycles. The lowest BCUT2D eigenvalue weighted by molar-refractivity contribution is -0.371. The lowest BCUT2D eigenvalue weighted by Crippen LogP contribution is -2.68. The smallest absolute Gasteiger partial charge is 0.335 e. The molecule has 0 aromatic heterocycles. The molecule has 0 radical (unpaired) electrons. The highest BCUT2D eigenvalue weighted by molar-refractivity contribution is 5.95. The zero-order valence-corrected chi connectivity index (χ0v) is 34.4. The van der Waals surface area contributed by atoms with E-state index in [1.165, 1.54) is 0 Å². The molecule has 8 N–H and O–H groups in total. The van der Waals surface area contributed by atoms with Crippen LogP contribution in [0.4, 0.5) is 0 Å². The van der Waals surface area contributed by atoms with Crippen LogP contribution >= 0.6 is 0 Å². The lowest BCUT2D eigenvalue weighted by Gasteiger charge is -2.70. The summed E-state index contributed by atoms with van der Waals surface area (Å²) in [5.74, 6) is -4.47. The fourth-order valence-electron chi connectivity index (χ4n) is 13.4. The number of aliphatic hydroxyl groups is 5. The number of aliphatic carboxylic acids is 3. The van der Waals surface area contributed by atoms with Crippen molar-refractivity contribution in [1.29, 1.82) is 0 Å². The fraction of sp³-hybridized carbons (Fsp3) is 0.857. The lowest BCUT2D eigenvalue weighted by atomic mass is 9.33. The second kappa shape index (κ2) is 14.3. The molecule has 326 valence electrons. The Balaban J connectivity index is 1.17. The zero-order chi connectivity index (χ0) is 42.9. The van der Waals surface area contributed by atoms with Gasteiger partial charge in [-0.25, -0.2) is 9.59 Å². The van der Waals surface area contributed by atoms with E-state index in [1.807, 2.05) is 26.8 Å². The summed E-state index contributed by atoms with van der Waals surface area (Å²) < 4.78 is 23.4. The van der Waals surface area contributed by atoms with E-state index in [1.54, 1.807) is 0 Å². The number of allylic oxidation sites excluding steroid dienone is 2. The van der Waals surface area contributed by atoms with Gasteiger partial charge in [0.05, 0.1) is 11.5 Å². The van der Waals surface area contributed by atoms with Crippen molar-refractivity contribution in [3.63, 3.8) is 0 Å². The highest BCUT2D eigenvalue weighted by Gasteiger charge is 2.71. The summed E-state index contributed by atoms with van der Waals surface area (Å²) in [4.78, 5) is 51.3. The normalized spacial score (nSPS) is 52.6. The molecule has 0 spiro atoms. The van der Waals surface area contributed by atoms with Gasteiger partial charge in [-0.1, -0.05) is 47.1 Å². The number of carboxylic acids is 3. The van der Waals surface area contributed by atoms with Crippen LogP contribution in [0.25, 0.3) is 0 Å². The molecule has 0 aromatic rings. The first-order chi connectivity index (χ1) is 26.8. The topological polar surface area (TPSA) is 267 Å². The molecule has 7 aliphatic rings. The van der Waals surface area contributed by atoms with E-state index < -0.39 is 107 Å². The minimum absolute atomic E-state index is 0.0217. The van der Waals surface area contributed by atoms with Gasteiger partial charge < -0.3 is 59.8 Å². The quantitative estimate of drug-likeness (QED) is 0.171. The third kappa shape index (κ3) is 6.25. The van der Waals surface area contributed by atoms with Gasteiger partial charge in [-0.3, -0.25) is 9.59 Å². The summed E-state index contributed by atoms with van der Waals surface area (Å²) in [7, 11) is 0. The zero-order valence-electron chi connectivity index (χ0n) is 34.4. The minimum atomic E-state index is -2.05. The van der Waals surface area contributed by atoms with E-state index in [2.05, 4.69) is 27.7 Å². The molecule has 58 heavy (non-hydrogen) atoms. The van der Waals surface area contributed by atoms with Gasteiger partial charge in [0.25, 0.3) is 0 Å². The van der Waals surface area contributed by atoms with Crippen molar-refractivity contribution >= 4 is 23.7 Å². The van der Waals surface area contributed by atoms with Crippen molar-refractivity contribution < 1.29 is 79.0 Å². The number of hydrogen-bond donors (Lipinski definition) is 8. The van der Waals surface area contributed by atoms with Crippen molar-refractivity contribution in [2.45, 2.75) is 174 Å². The number of carbonyl (C=O) groups is 4. The largest absolute Gasteiger partial charge is 0.481 e. The first-order valence-corrected chi connectivity index (χ1v) is 20.7. The van der Waals surface area contributed by atoms with Gasteiger partial charge >= 0.3 is 17.9 Å². The molecule has 7 rings (SSSR count). The SMILES string of the molecule is CC1(C)C2CC[C@]3(C)[C@H](C(=O)C=C4[C@@H]5C[C@@](C)(C(=O)O)CC[C@]5(C)CC[C@]43C)[C@@]2(C)CC[C@@H]1O[C@H]1OC(C(=O)O)[C@@H](O)[C@H](O)[C@H]1O[C@@H]1OC(C(=O)O)[C@@H](O)[C@H](O)[C@H]1O. The van der Waals surface area contributed by atoms with Crippen molar-refractivity contribution in [1.82, 2.24) is 0 Å². The van der Waals surface area contributed by atoms with Crippen LogP contribution in [0.3, 0.4) is 0 Å². The Kier molecular flexibility index (Phi) is 10.7. The maximum atomic E-state index is 14.8. The van der Waals surface area contributed by atoms with Gasteiger partial charge in [-0.2, -0.15) is 0 Å². The van der Waals surface area contributed by atoms with E-state index in [-0.39, 0.29) is 34.4 Å². The van der Waals surface area contributed by atoms with E-state index in [4.69, 9.17) is 18.9 Å². The number of fused-ring (bicyclic) bond motifs is 7. The van der Waals surface area contributed by atoms with E-state index in [0.29, 0.717) is 25.7 Å². The molecule has 19 atom stereocenters. The van der Waals surface area contributed by atoms with Crippen LogP contribution in [-0.4, -0.2) is 132 Å². The molecule has 4 saturated carbocycles. The Hall–Kier alpha value is -2.54. The van der Waals surface area contributed by atoms with Crippen molar-refractivity contribution in [3.8, 4) is 0 Å². The summed E-state index contributed by atoms with van der Waals surface area (Å²) in [6, 6.07) is 0. The van der Waals surface area contributed by atoms with Crippen molar-refractivity contribution in [2.24, 2.45) is 50.2 Å². The van der Waals surface area contributed by atoms with Gasteiger partial charge in [0.1, 0.15) is 36.6 Å². The van der Waals surface area contributed by atoms with Crippen molar-refractivity contribution in [3.05, 3.63) is 11.6 Å². The molecular formula is C42H62O16. The monoisotopic (exact) mass is 822 g/mol. The number of aliphatic hydroxyl groups excluding tert-OH is 5. The predicted molar refractivity (Wildman–Crippen MR) is 199 cm³/mol. The Labute approximate surface area is 337 Å². The third-order valence-corrected chi connectivity index (χ3v) is 17.2. The predicted octanol–water partition coefficient (Wildman–Crippen LogP) is 2.25. The standard InChI is InChI=1S/C42H62O16/c1-37(2)21-8-11-42(7)31(20(43)16-18-19-17-39(4,36(53)54)13-12-38(19,3)14-15-41(18,42)6)40(21,5)10-9-22(37)55-35-30(26(47)25(46)29(57-35)33(51)52)58-34-27(48)23(44)24(45)28(56-34)32(49)50/h16,19,21-31,34-35,44-48H,8-15,17H2,1-7H3,(H,49,50)(H,51,52)(H,53,54)/t19-,21?,22-,23-,24-,25-,26-,27+,28?,29?,30+,31+,34-,35-,38+,39-,40-,41+,42+/m0/s1.